The zero-order chi connectivity index (χ0) is 19.2. The molecule has 0 aliphatic carbocycles. The lowest BCUT2D eigenvalue weighted by Crippen LogP contribution is -2.46. The number of benzene rings is 1. The van der Waals surface area contributed by atoms with Crippen LogP contribution in [0.3, 0.4) is 0 Å². The summed E-state index contributed by atoms with van der Waals surface area (Å²) in [5, 5.41) is 21.4. The first kappa shape index (κ1) is 18.9. The van der Waals surface area contributed by atoms with E-state index in [2.05, 4.69) is 0 Å². The Balaban J connectivity index is 2.68. The van der Waals surface area contributed by atoms with Gasteiger partial charge < -0.3 is 4.90 Å². The Labute approximate surface area is 139 Å². The average molecular weight is 383 g/mol. The summed E-state index contributed by atoms with van der Waals surface area (Å²) in [6.07, 6.45) is -5.01. The van der Waals surface area contributed by atoms with Gasteiger partial charge in [0.2, 0.25) is 0 Å². The number of nitro groups is 2. The maximum Gasteiger partial charge on any atom is 0.416 e. The van der Waals surface area contributed by atoms with Gasteiger partial charge in [-0.3, -0.25) is 20.2 Å². The van der Waals surface area contributed by atoms with E-state index in [1.807, 2.05) is 0 Å². The maximum absolute atomic E-state index is 12.9. The van der Waals surface area contributed by atoms with Crippen molar-refractivity contribution in [2.45, 2.75) is 18.3 Å². The van der Waals surface area contributed by atoms with Crippen LogP contribution in [0.5, 0.6) is 0 Å². The molecule has 1 aromatic rings. The van der Waals surface area contributed by atoms with Gasteiger partial charge in [-0.05, 0) is 6.92 Å². The molecule has 0 radical (unpaired) electrons. The summed E-state index contributed by atoms with van der Waals surface area (Å²) in [5.74, 6) is -0.413. The summed E-state index contributed by atoms with van der Waals surface area (Å²) in [7, 11) is -3.46. The van der Waals surface area contributed by atoms with Gasteiger partial charge in [0.15, 0.2) is 15.5 Å². The Morgan fingerprint density at radius 1 is 1.16 bits per heavy atom. The first-order valence-corrected chi connectivity index (χ1v) is 8.56. The highest BCUT2D eigenvalue weighted by molar-refractivity contribution is 7.92. The van der Waals surface area contributed by atoms with Crippen LogP contribution in [0.15, 0.2) is 12.1 Å². The smallest absolute Gasteiger partial charge is 0.358 e. The van der Waals surface area contributed by atoms with E-state index in [1.165, 1.54) is 6.92 Å². The van der Waals surface area contributed by atoms with Crippen molar-refractivity contribution in [2.24, 2.45) is 0 Å². The Hall–Kier alpha value is -2.44. The fourth-order valence-corrected chi connectivity index (χ4v) is 3.81. The highest BCUT2D eigenvalue weighted by atomic mass is 32.2. The first-order chi connectivity index (χ1) is 11.3. The van der Waals surface area contributed by atoms with Gasteiger partial charge in [-0.1, -0.05) is 0 Å². The quantitative estimate of drug-likeness (QED) is 0.578. The summed E-state index contributed by atoms with van der Waals surface area (Å²) in [4.78, 5) is 21.2. The Bertz CT molecular complexity index is 804. The van der Waals surface area contributed by atoms with Crippen LogP contribution in [0, 0.1) is 20.2 Å². The second-order valence-corrected chi connectivity index (χ2v) is 8.04. The molecule has 1 atom stereocenters. The molecule has 0 aromatic heterocycles. The molecular formula is C12H12F3N3O6S. The molecule has 1 unspecified atom stereocenters. The third kappa shape index (κ3) is 3.65. The standard InChI is InChI=1S/C12H12F3N3O6S/c1-7-6-16(2-3-25(7,23)24)11-9(17(19)20)4-8(12(13,14)15)5-10(11)18(21)22/h4-5,7H,2-3,6H2,1H3. The summed E-state index contributed by atoms with van der Waals surface area (Å²) in [6, 6.07) is 0.437. The van der Waals surface area contributed by atoms with Crippen LogP contribution >= 0.6 is 0 Å². The largest absolute Gasteiger partial charge is 0.416 e. The van der Waals surface area contributed by atoms with E-state index in [0.717, 1.165) is 4.90 Å². The van der Waals surface area contributed by atoms with E-state index in [-0.39, 0.29) is 25.2 Å². The Kier molecular flexibility index (Phi) is 4.63. The average Bonchev–Trinajstić information content (AvgIpc) is 2.47. The summed E-state index contributed by atoms with van der Waals surface area (Å²) < 4.78 is 62.1. The topological polar surface area (TPSA) is 124 Å². The number of nitro benzene ring substituents is 2. The molecule has 9 nitrogen and oxygen atoms in total. The van der Waals surface area contributed by atoms with Crippen molar-refractivity contribution < 1.29 is 31.4 Å². The highest BCUT2D eigenvalue weighted by Gasteiger charge is 2.41. The maximum atomic E-state index is 12.9. The van der Waals surface area contributed by atoms with E-state index >= 15 is 0 Å². The summed E-state index contributed by atoms with van der Waals surface area (Å²) in [5.41, 5.74) is -4.32. The first-order valence-electron chi connectivity index (χ1n) is 6.85. The fraction of sp³-hybridized carbons (Fsp3) is 0.500. The SMILES string of the molecule is CC1CN(c2c([N+](=O)[O-])cc(C(F)(F)F)cc2[N+](=O)[O-])CCS1(=O)=O. The van der Waals surface area contributed by atoms with Crippen LogP contribution in [0.1, 0.15) is 12.5 Å². The Morgan fingerprint density at radius 2 is 1.64 bits per heavy atom. The molecule has 0 amide bonds. The van der Waals surface area contributed by atoms with E-state index in [1.54, 1.807) is 0 Å². The second-order valence-electron chi connectivity index (χ2n) is 5.50. The lowest BCUT2D eigenvalue weighted by atomic mass is 10.1. The van der Waals surface area contributed by atoms with Gasteiger partial charge in [-0.15, -0.1) is 0 Å². The number of anilines is 1. The predicted molar refractivity (Wildman–Crippen MR) is 80.2 cm³/mol. The van der Waals surface area contributed by atoms with Gasteiger partial charge >= 0.3 is 6.18 Å². The van der Waals surface area contributed by atoms with Crippen molar-refractivity contribution in [1.82, 2.24) is 0 Å². The number of alkyl halides is 3. The molecule has 0 bridgehead atoms. The molecule has 1 aliphatic rings. The number of nitrogens with zero attached hydrogens (tertiary/aromatic N) is 3. The zero-order valence-electron chi connectivity index (χ0n) is 12.7. The van der Waals surface area contributed by atoms with Crippen molar-refractivity contribution in [3.63, 3.8) is 0 Å². The van der Waals surface area contributed by atoms with E-state index < -0.39 is 59.5 Å². The lowest BCUT2D eigenvalue weighted by Gasteiger charge is -2.32. The number of hydrogen-bond acceptors (Lipinski definition) is 7. The minimum atomic E-state index is -5.01. The molecule has 0 spiro atoms. The molecule has 138 valence electrons. The molecule has 13 heteroatoms. The number of halogens is 3. The zero-order valence-corrected chi connectivity index (χ0v) is 13.5. The van der Waals surface area contributed by atoms with Crippen molar-refractivity contribution in [2.75, 3.05) is 23.7 Å². The molecule has 1 fully saturated rings. The van der Waals surface area contributed by atoms with Crippen molar-refractivity contribution in [3.8, 4) is 0 Å². The highest BCUT2D eigenvalue weighted by Crippen LogP contribution is 2.43. The predicted octanol–water partition coefficient (Wildman–Crippen LogP) is 2.15. The van der Waals surface area contributed by atoms with E-state index in [4.69, 9.17) is 0 Å². The van der Waals surface area contributed by atoms with Gasteiger partial charge in [0.05, 0.1) is 26.4 Å². The van der Waals surface area contributed by atoms with Gasteiger partial charge in [-0.25, -0.2) is 8.42 Å². The number of sulfone groups is 1. The van der Waals surface area contributed by atoms with E-state index in [9.17, 15) is 41.8 Å². The third-order valence-electron chi connectivity index (χ3n) is 3.84. The minimum absolute atomic E-state index is 0.218. The molecule has 25 heavy (non-hydrogen) atoms. The minimum Gasteiger partial charge on any atom is -0.358 e. The molecule has 2 rings (SSSR count). The monoisotopic (exact) mass is 383 g/mol. The van der Waals surface area contributed by atoms with Gasteiger partial charge in [0, 0.05) is 25.2 Å². The van der Waals surface area contributed by atoms with Crippen molar-refractivity contribution in [1.29, 1.82) is 0 Å². The van der Waals surface area contributed by atoms with Crippen LogP contribution < -0.4 is 4.90 Å². The molecule has 0 saturated carbocycles. The van der Waals surface area contributed by atoms with Crippen LogP contribution in [0.4, 0.5) is 30.2 Å². The van der Waals surface area contributed by atoms with Crippen LogP contribution in [-0.2, 0) is 16.0 Å². The van der Waals surface area contributed by atoms with Crippen molar-refractivity contribution >= 4 is 26.9 Å². The van der Waals surface area contributed by atoms with Gasteiger partial charge in [-0.2, -0.15) is 13.2 Å². The molecule has 1 heterocycles. The number of rotatable bonds is 3. The molecule has 1 saturated heterocycles. The van der Waals surface area contributed by atoms with Gasteiger partial charge in [0.25, 0.3) is 11.4 Å². The Morgan fingerprint density at radius 3 is 2.00 bits per heavy atom. The molecule has 1 aromatic carbocycles. The van der Waals surface area contributed by atoms with E-state index in [0.29, 0.717) is 0 Å². The summed E-state index contributed by atoms with van der Waals surface area (Å²) >= 11 is 0. The lowest BCUT2D eigenvalue weighted by molar-refractivity contribution is -0.393. The van der Waals surface area contributed by atoms with Crippen molar-refractivity contribution in [3.05, 3.63) is 37.9 Å². The normalized spacial score (nSPS) is 20.3. The van der Waals surface area contributed by atoms with Crippen LogP contribution in [0.2, 0.25) is 0 Å². The molecule has 1 aliphatic heterocycles. The fourth-order valence-electron chi connectivity index (χ4n) is 2.53. The van der Waals surface area contributed by atoms with Gasteiger partial charge in [0.1, 0.15) is 0 Å². The van der Waals surface area contributed by atoms with Crippen LogP contribution in [-0.4, -0.2) is 42.4 Å². The molecule has 0 N–H and O–H groups in total. The number of hydrogen-bond donors (Lipinski definition) is 0. The second kappa shape index (κ2) is 6.13. The van der Waals surface area contributed by atoms with Crippen LogP contribution in [0.25, 0.3) is 0 Å². The molecular weight excluding hydrogens is 371 g/mol. The summed E-state index contributed by atoms with van der Waals surface area (Å²) in [6.45, 7) is 0.734. The third-order valence-corrected chi connectivity index (χ3v) is 5.97.